The molecule has 0 spiro atoms. The number of ketones is 1. The first-order valence-electron chi connectivity index (χ1n) is 11.3. The van der Waals surface area contributed by atoms with Gasteiger partial charge >= 0.3 is 12.2 Å². The number of aliphatic hydroxyl groups is 2. The molecule has 3 N–H and O–H groups in total. The summed E-state index contributed by atoms with van der Waals surface area (Å²) < 4.78 is 44.0. The number of halogens is 3. The van der Waals surface area contributed by atoms with Crippen molar-refractivity contribution in [2.24, 2.45) is 5.92 Å². The molecule has 0 radical (unpaired) electrons. The van der Waals surface area contributed by atoms with Gasteiger partial charge in [-0.3, -0.25) is 15.0 Å². The third kappa shape index (κ3) is 5.49. The average Bonchev–Trinajstić information content (AvgIpc) is 3.26. The van der Waals surface area contributed by atoms with Crippen molar-refractivity contribution in [1.29, 1.82) is 0 Å². The Morgan fingerprint density at radius 1 is 1.28 bits per heavy atom. The van der Waals surface area contributed by atoms with Crippen LogP contribution in [0.15, 0.2) is 24.5 Å². The Balaban J connectivity index is 1.51. The normalized spacial score (nSPS) is 18.4. The van der Waals surface area contributed by atoms with E-state index in [0.717, 1.165) is 6.92 Å². The summed E-state index contributed by atoms with van der Waals surface area (Å²) >= 11 is 0. The van der Waals surface area contributed by atoms with E-state index in [0.29, 0.717) is 25.2 Å². The number of carbonyl (C=O) groups is 2. The number of anilines is 3. The second kappa shape index (κ2) is 10.2. The predicted octanol–water partition coefficient (Wildman–Crippen LogP) is 2.01. The monoisotopic (exact) mass is 510 g/mol. The minimum Gasteiger partial charge on any atom is -0.488 e. The molecule has 0 saturated carbocycles. The zero-order valence-electron chi connectivity index (χ0n) is 19.3. The molecule has 2 aromatic rings. The van der Waals surface area contributed by atoms with Gasteiger partial charge in [-0.05, 0) is 18.6 Å². The Labute approximate surface area is 203 Å². The molecule has 1 saturated heterocycles. The lowest BCUT2D eigenvalue weighted by molar-refractivity contribution is -0.168. The van der Waals surface area contributed by atoms with Gasteiger partial charge in [-0.25, -0.2) is 19.7 Å². The standard InChI is InChI=1S/C22H25F3N6O5/c1-12(22(23,24)25)6-18(34)16-2-3-17-19(28-16)31(13-4-5-30(17)9-13)21(35)29-20-26-7-15(8-27-20)36-11-14(33)10-32/h2-3,7-8,12-14,32-33H,4-6,9-11H2,1H3,(H,26,27,29,35)/t12-,13-,14+/m0/s1. The van der Waals surface area contributed by atoms with Crippen LogP contribution in [0.3, 0.4) is 0 Å². The molecule has 2 amide bonds. The van der Waals surface area contributed by atoms with Gasteiger partial charge in [0.25, 0.3) is 0 Å². The summed E-state index contributed by atoms with van der Waals surface area (Å²) in [5, 5.41) is 20.7. The van der Waals surface area contributed by atoms with Crippen LogP contribution in [0.2, 0.25) is 0 Å². The molecule has 0 unspecified atom stereocenters. The van der Waals surface area contributed by atoms with Crippen molar-refractivity contribution in [3.63, 3.8) is 0 Å². The molecule has 2 aliphatic heterocycles. The van der Waals surface area contributed by atoms with Gasteiger partial charge in [-0.2, -0.15) is 13.2 Å². The molecule has 36 heavy (non-hydrogen) atoms. The number of carbonyl (C=O) groups excluding carboxylic acids is 2. The van der Waals surface area contributed by atoms with Crippen molar-refractivity contribution in [2.45, 2.75) is 38.1 Å². The molecule has 3 atom stereocenters. The van der Waals surface area contributed by atoms with Gasteiger partial charge in [0, 0.05) is 19.5 Å². The first-order chi connectivity index (χ1) is 17.1. The Morgan fingerprint density at radius 3 is 2.67 bits per heavy atom. The number of rotatable bonds is 8. The van der Waals surface area contributed by atoms with E-state index in [4.69, 9.17) is 9.84 Å². The van der Waals surface area contributed by atoms with Gasteiger partial charge in [0.1, 0.15) is 18.4 Å². The van der Waals surface area contributed by atoms with Gasteiger partial charge < -0.3 is 19.8 Å². The summed E-state index contributed by atoms with van der Waals surface area (Å²) in [4.78, 5) is 41.4. The Bertz CT molecular complexity index is 1120. The number of ether oxygens (including phenoxy) is 1. The van der Waals surface area contributed by atoms with E-state index in [1.165, 1.54) is 23.4 Å². The van der Waals surface area contributed by atoms with Crippen LogP contribution in [0, 0.1) is 5.92 Å². The maximum atomic E-state index is 13.2. The number of Topliss-reactive ketones (excluding diaryl/α,β-unsaturated/α-hetero) is 1. The number of nitrogens with zero attached hydrogens (tertiary/aromatic N) is 5. The van der Waals surface area contributed by atoms with Crippen LogP contribution in [-0.2, 0) is 0 Å². The second-order valence-corrected chi connectivity index (χ2v) is 8.69. The smallest absolute Gasteiger partial charge is 0.391 e. The predicted molar refractivity (Wildman–Crippen MR) is 121 cm³/mol. The minimum atomic E-state index is -4.50. The molecule has 4 heterocycles. The molecular weight excluding hydrogens is 485 g/mol. The van der Waals surface area contributed by atoms with Crippen molar-refractivity contribution in [1.82, 2.24) is 15.0 Å². The SMILES string of the molecule is C[C@@H](CC(=O)c1ccc2c(n1)N(C(=O)Nc1ncc(OC[C@H](O)CO)cn1)[C@H]1CCN2C1)C(F)(F)F. The molecule has 194 valence electrons. The first-order valence-corrected chi connectivity index (χ1v) is 11.3. The molecular formula is C22H25F3N6O5. The van der Waals surface area contributed by atoms with Crippen molar-refractivity contribution in [2.75, 3.05) is 41.4 Å². The Morgan fingerprint density at radius 2 is 2.00 bits per heavy atom. The van der Waals surface area contributed by atoms with Crippen LogP contribution in [0.25, 0.3) is 0 Å². The van der Waals surface area contributed by atoms with Gasteiger partial charge in [-0.1, -0.05) is 6.92 Å². The summed E-state index contributed by atoms with van der Waals surface area (Å²) in [5.74, 6) is -2.22. The third-order valence-corrected chi connectivity index (χ3v) is 6.01. The number of urea groups is 1. The molecule has 0 aliphatic carbocycles. The van der Waals surface area contributed by atoms with Crippen LogP contribution in [0.1, 0.15) is 30.3 Å². The lowest BCUT2D eigenvalue weighted by Gasteiger charge is -2.35. The number of alkyl halides is 3. The zero-order valence-corrected chi connectivity index (χ0v) is 19.3. The van der Waals surface area contributed by atoms with E-state index in [2.05, 4.69) is 20.3 Å². The number of amides is 2. The maximum Gasteiger partial charge on any atom is 0.391 e. The molecule has 1 fully saturated rings. The number of hydrogen-bond acceptors (Lipinski definition) is 9. The second-order valence-electron chi connectivity index (χ2n) is 8.69. The summed E-state index contributed by atoms with van der Waals surface area (Å²) in [6, 6.07) is 2.12. The molecule has 11 nitrogen and oxygen atoms in total. The number of aromatic nitrogens is 3. The van der Waals surface area contributed by atoms with Crippen molar-refractivity contribution in [3.8, 4) is 5.75 Å². The topological polar surface area (TPSA) is 141 Å². The number of nitrogens with one attached hydrogen (secondary N) is 1. The fourth-order valence-corrected chi connectivity index (χ4v) is 3.98. The summed E-state index contributed by atoms with van der Waals surface area (Å²) in [6.45, 7) is 1.51. The van der Waals surface area contributed by atoms with Crippen LogP contribution >= 0.6 is 0 Å². The largest absolute Gasteiger partial charge is 0.488 e. The summed E-state index contributed by atoms with van der Waals surface area (Å²) in [6.07, 6.45) is -3.10. The van der Waals surface area contributed by atoms with E-state index in [1.54, 1.807) is 6.07 Å². The van der Waals surface area contributed by atoms with E-state index >= 15 is 0 Å². The Hall–Kier alpha value is -3.52. The van der Waals surface area contributed by atoms with Crippen molar-refractivity contribution < 1.29 is 37.7 Å². The highest BCUT2D eigenvalue weighted by Crippen LogP contribution is 2.39. The van der Waals surface area contributed by atoms with Gasteiger partial charge in [-0.15, -0.1) is 0 Å². The highest BCUT2D eigenvalue weighted by Gasteiger charge is 2.41. The van der Waals surface area contributed by atoms with Crippen LogP contribution < -0.4 is 19.9 Å². The van der Waals surface area contributed by atoms with Crippen LogP contribution in [0.5, 0.6) is 5.75 Å². The molecule has 2 aromatic heterocycles. The fourth-order valence-electron chi connectivity index (χ4n) is 3.98. The number of aliphatic hydroxyl groups excluding tert-OH is 2. The third-order valence-electron chi connectivity index (χ3n) is 6.01. The highest BCUT2D eigenvalue weighted by atomic mass is 19.4. The van der Waals surface area contributed by atoms with Crippen molar-refractivity contribution >= 4 is 29.3 Å². The van der Waals surface area contributed by atoms with E-state index < -0.39 is 43.0 Å². The molecule has 0 aromatic carbocycles. The number of pyridine rings is 1. The first kappa shape index (κ1) is 25.6. The molecule has 2 aliphatic rings. The summed E-state index contributed by atoms with van der Waals surface area (Å²) in [5.41, 5.74) is 0.458. The minimum absolute atomic E-state index is 0.0386. The van der Waals surface area contributed by atoms with Gasteiger partial charge in [0.15, 0.2) is 17.4 Å². The van der Waals surface area contributed by atoms with Gasteiger partial charge in [0.2, 0.25) is 5.95 Å². The lowest BCUT2D eigenvalue weighted by atomic mass is 10.0. The lowest BCUT2D eigenvalue weighted by Crippen LogP contribution is -2.48. The van der Waals surface area contributed by atoms with E-state index in [1.807, 2.05) is 4.90 Å². The maximum absolute atomic E-state index is 13.2. The van der Waals surface area contributed by atoms with Crippen LogP contribution in [-0.4, -0.2) is 81.6 Å². The molecule has 2 bridgehead atoms. The van der Waals surface area contributed by atoms with E-state index in [-0.39, 0.29) is 35.9 Å². The average molecular weight is 510 g/mol. The summed E-state index contributed by atoms with van der Waals surface area (Å²) in [7, 11) is 0. The van der Waals surface area contributed by atoms with E-state index in [9.17, 15) is 27.9 Å². The zero-order chi connectivity index (χ0) is 26.0. The van der Waals surface area contributed by atoms with Gasteiger partial charge in [0.05, 0.1) is 36.6 Å². The Kier molecular flexibility index (Phi) is 7.26. The number of hydrogen-bond donors (Lipinski definition) is 3. The van der Waals surface area contributed by atoms with Crippen LogP contribution in [0.4, 0.5) is 35.4 Å². The number of fused-ring (bicyclic) bond motifs is 4. The molecule has 4 rings (SSSR count). The molecule has 14 heteroatoms. The fraction of sp³-hybridized carbons (Fsp3) is 0.500. The quantitative estimate of drug-likeness (QED) is 0.455. The highest BCUT2D eigenvalue weighted by molar-refractivity contribution is 6.04. The van der Waals surface area contributed by atoms with Crippen molar-refractivity contribution in [3.05, 3.63) is 30.2 Å².